The van der Waals surface area contributed by atoms with E-state index in [2.05, 4.69) is 105 Å². The van der Waals surface area contributed by atoms with Gasteiger partial charge in [-0.25, -0.2) is 49.8 Å². The van der Waals surface area contributed by atoms with Crippen LogP contribution in [0.2, 0.25) is 0 Å². The maximum Gasteiger partial charge on any atom is 0.311 e. The molecule has 4 saturated heterocycles. The number of hydrogen-bond donors (Lipinski definition) is 4. The smallest absolute Gasteiger partial charge is 0.311 e. The molecule has 0 radical (unpaired) electrons. The molecule has 0 aliphatic carbocycles. The molecule has 0 unspecified atom stereocenters. The number of carbonyl (C=O) groups is 2. The molecule has 10 aromatic rings. The molecule has 4 aliphatic heterocycles. The molecule has 0 spiro atoms. The van der Waals surface area contributed by atoms with Crippen molar-refractivity contribution in [1.29, 1.82) is 5.26 Å². The van der Waals surface area contributed by atoms with Crippen LogP contribution in [-0.4, -0.2) is 300 Å². The summed E-state index contributed by atoms with van der Waals surface area (Å²) in [6, 6.07) is 16.8. The maximum atomic E-state index is 11.9. The average molecular weight is 1830 g/mol. The van der Waals surface area contributed by atoms with Crippen molar-refractivity contribution in [2.45, 2.75) is 109 Å². The third kappa shape index (κ3) is 31.3. The summed E-state index contributed by atoms with van der Waals surface area (Å²) in [6.07, 6.45) is 10.8. The van der Waals surface area contributed by atoms with Gasteiger partial charge in [0.2, 0.25) is 0 Å². The summed E-state index contributed by atoms with van der Waals surface area (Å²) >= 11 is 4.47. The Bertz CT molecular complexity index is 5150. The van der Waals surface area contributed by atoms with Crippen LogP contribution in [0.25, 0.3) is 32.7 Å². The van der Waals surface area contributed by atoms with Gasteiger partial charge in [0.05, 0.1) is 178 Å². The van der Waals surface area contributed by atoms with Crippen LogP contribution in [0.5, 0.6) is 46.0 Å². The monoisotopic (exact) mass is 1830 g/mol. The van der Waals surface area contributed by atoms with Crippen molar-refractivity contribution in [2.24, 2.45) is 4.99 Å². The fourth-order valence-electron chi connectivity index (χ4n) is 13.6. The van der Waals surface area contributed by atoms with Crippen molar-refractivity contribution in [1.82, 2.24) is 69.4 Å². The fourth-order valence-corrected chi connectivity index (χ4v) is 16.1. The summed E-state index contributed by atoms with van der Waals surface area (Å²) in [6.45, 7) is 30.6. The topological polar surface area (TPSA) is 379 Å². The lowest BCUT2D eigenvalue weighted by Crippen LogP contribution is -2.37. The minimum Gasteiger partial charge on any atom is -0.493 e. The second-order valence-electron chi connectivity index (χ2n) is 29.0. The first-order valence-corrected chi connectivity index (χ1v) is 44.0. The van der Waals surface area contributed by atoms with Crippen molar-refractivity contribution in [3.05, 3.63) is 105 Å². The second kappa shape index (κ2) is 54.5. The predicted molar refractivity (Wildman–Crippen MR) is 506 cm³/mol. The summed E-state index contributed by atoms with van der Waals surface area (Å²) in [5, 5.41) is 32.6. The quantitative estimate of drug-likeness (QED) is 0.0121. The Morgan fingerprint density at radius 3 is 1.10 bits per heavy atom. The zero-order valence-corrected chi connectivity index (χ0v) is 75.0. The second-order valence-corrected chi connectivity index (χ2v) is 32.6. The zero-order chi connectivity index (χ0) is 87.5. The largest absolute Gasteiger partial charge is 0.493 e. The Morgan fingerprint density at radius 1 is 0.477 bits per heavy atom. The van der Waals surface area contributed by atoms with Crippen LogP contribution in [0.3, 0.4) is 0 Å². The van der Waals surface area contributed by atoms with Crippen molar-refractivity contribution in [3.63, 3.8) is 0 Å². The first-order chi connectivity index (χ1) is 60.4. The molecule has 0 amide bonds. The number of ether oxygens (including phenoxy) is 13. The molecule has 35 nitrogen and oxygen atoms in total. The molecule has 128 heavy (non-hydrogen) atoms. The van der Waals surface area contributed by atoms with Gasteiger partial charge in [-0.1, -0.05) is 36.6 Å². The molecule has 4 N–H and O–H groups in total. The van der Waals surface area contributed by atoms with Crippen LogP contribution in [-0.2, 0) is 52.5 Å². The number of nitrogens with one attached hydrogen (secondary N) is 3. The highest BCUT2D eigenvalue weighted by molar-refractivity contribution is 7.16. The number of anilines is 6. The molecule has 0 atom stereocenters. The van der Waals surface area contributed by atoms with Crippen LogP contribution in [0, 0.1) is 32.1 Å². The lowest BCUT2D eigenvalue weighted by molar-refractivity contribution is -0.142. The molecule has 6 aromatic heterocycles. The van der Waals surface area contributed by atoms with Gasteiger partial charge in [-0.15, -0.1) is 34.0 Å². The van der Waals surface area contributed by atoms with E-state index in [0.29, 0.717) is 135 Å². The number of esters is 1. The number of thiazole rings is 3. The normalized spacial score (nSPS) is 14.1. The summed E-state index contributed by atoms with van der Waals surface area (Å²) < 4.78 is 72.7. The number of morpholine rings is 4. The van der Waals surface area contributed by atoms with Crippen LogP contribution in [0.4, 0.5) is 38.5 Å². The molecule has 0 saturated carbocycles. The van der Waals surface area contributed by atoms with Crippen molar-refractivity contribution in [2.75, 3.05) is 223 Å². The van der Waals surface area contributed by atoms with Crippen molar-refractivity contribution in [3.8, 4) is 52.1 Å². The van der Waals surface area contributed by atoms with Crippen LogP contribution in [0.15, 0.2) is 72.5 Å². The summed E-state index contributed by atoms with van der Waals surface area (Å²) in [5.41, 5.74) is 5.60. The first-order valence-electron chi connectivity index (χ1n) is 41.5. The van der Waals surface area contributed by atoms with Crippen LogP contribution < -0.4 is 53.8 Å². The van der Waals surface area contributed by atoms with Gasteiger partial charge in [-0.05, 0) is 78.0 Å². The number of benzene rings is 4. The molecule has 4 aliphatic rings. The number of carboxylic acid groups (broad SMARTS) is 1. The SMILES string of the molecule is C.C.C.C.CCOC(=O)Cc1nc(Nc2ncnc3cc(OCCCN4CCOCC4)c(OC)cc23)sc1C.CCc1nc(Nc2ncnc3cc(OCCCN4CCOCC4)c(OC)cc23)sc1C.COc1cc(C#N)c(N=CN(C)C)cc1OCCCN1CCOCC1.COc1cc2c(Nc3nc(CC(=O)O)c(C)s3)ncnc2cc1OCCCN1CCOCC1. The fraction of sp³-hybridized carbons (Fsp3) is 0.522. The van der Waals surface area contributed by atoms with Gasteiger partial charge in [-0.3, -0.25) is 29.2 Å². The zero-order valence-electron chi connectivity index (χ0n) is 72.5. The van der Waals surface area contributed by atoms with Crippen molar-refractivity contribution >= 4 is 124 Å². The van der Waals surface area contributed by atoms with E-state index in [1.165, 1.54) is 40.2 Å². The standard InChI is InChI=1S/C24H31N5O5S.C22H27N5O5S.C22H29N5O3S.C18H26N4O3.4CH4/c1-4-33-22(30)14-18-16(2)35-24(27-18)28-23-17-12-20(31-3)21(13-19(17)25-15-26-23)34-9-5-6-29-7-10-32-11-8-29;1-14-16(12-20(28)29)25-22(33-14)26-21-15-10-18(30-2)19(11-17(15)23-13-24-21)32-7-3-4-27-5-8-31-9-6-27;1-4-17-15(2)31-22(25-17)26-21-16-12-19(28-3)20(13-18(16)23-14-24-21)30-9-5-6-27-7-10-29-11-8-27;1-21(2)14-20-16-12-18(17(23-3)11-15(16)13-19)25-8-4-5-22-6-9-24-10-7-22;;;;/h12-13,15H,4-11,14H2,1-3H3,(H,25,26,27,28);10-11,13H,3-9,12H2,1-2H3,(H,28,29)(H,23,24,25,26);12-14H,4-11H2,1-3H3,(H,23,24,25,26);11-12,14H,4-10H2,1-3H3;4*1H4. The highest BCUT2D eigenvalue weighted by Gasteiger charge is 2.23. The minimum atomic E-state index is -0.912. The molecule has 698 valence electrons. The van der Waals surface area contributed by atoms with E-state index < -0.39 is 5.97 Å². The summed E-state index contributed by atoms with van der Waals surface area (Å²) in [4.78, 5) is 81.6. The highest BCUT2D eigenvalue weighted by Crippen LogP contribution is 2.41. The summed E-state index contributed by atoms with van der Waals surface area (Å²) in [7, 11) is 10.2. The molecule has 38 heteroatoms. The molecular weight excluding hydrogens is 1700 g/mol. The number of aliphatic carboxylic acids is 1. The third-order valence-corrected chi connectivity index (χ3v) is 22.9. The number of nitrogens with zero attached hydrogens (tertiary/aromatic N) is 16. The van der Waals surface area contributed by atoms with Gasteiger partial charge in [0, 0.05) is 154 Å². The van der Waals surface area contributed by atoms with E-state index in [4.69, 9.17) is 66.7 Å². The van der Waals surface area contributed by atoms with E-state index in [-0.39, 0.29) is 48.5 Å². The van der Waals surface area contributed by atoms with E-state index >= 15 is 0 Å². The number of carboxylic acids is 1. The highest BCUT2D eigenvalue weighted by atomic mass is 32.1. The Kier molecular flexibility index (Phi) is 44.4. The lowest BCUT2D eigenvalue weighted by atomic mass is 10.1. The maximum absolute atomic E-state index is 11.9. The number of fused-ring (bicyclic) bond motifs is 3. The first kappa shape index (κ1) is 104. The van der Waals surface area contributed by atoms with Gasteiger partial charge in [-0.2, -0.15) is 5.26 Å². The molecular formula is C90H129N19O16S3. The Morgan fingerprint density at radius 2 is 0.797 bits per heavy atom. The number of hydrogen-bond acceptors (Lipinski definition) is 36. The molecule has 10 heterocycles. The number of aromatic nitrogens is 9. The Labute approximate surface area is 764 Å². The number of aliphatic imine (C=N–C) groups is 1. The van der Waals surface area contributed by atoms with E-state index in [1.807, 2.05) is 69.2 Å². The Hall–Kier alpha value is -10.8. The number of methoxy groups -OCH3 is 4. The van der Waals surface area contributed by atoms with Gasteiger partial charge < -0.3 is 87.5 Å². The number of aryl methyl sites for hydroxylation is 4. The molecule has 0 bridgehead atoms. The van der Waals surface area contributed by atoms with Gasteiger partial charge in [0.15, 0.2) is 61.4 Å². The van der Waals surface area contributed by atoms with Gasteiger partial charge >= 0.3 is 11.9 Å². The van der Waals surface area contributed by atoms with Crippen LogP contribution >= 0.6 is 34.0 Å². The minimum absolute atomic E-state index is 0. The van der Waals surface area contributed by atoms with Gasteiger partial charge in [0.25, 0.3) is 0 Å². The molecule has 14 rings (SSSR count). The number of rotatable bonds is 38. The molecule has 4 fully saturated rings. The van der Waals surface area contributed by atoms with E-state index in [1.54, 1.807) is 71.5 Å². The number of carbonyl (C=O) groups excluding carboxylic acids is 1. The third-order valence-electron chi connectivity index (χ3n) is 20.1. The Balaban J connectivity index is 0.000000233. The lowest BCUT2D eigenvalue weighted by Gasteiger charge is -2.26. The van der Waals surface area contributed by atoms with Crippen LogP contribution in [0.1, 0.15) is 107 Å². The molecule has 4 aromatic carbocycles. The van der Waals surface area contributed by atoms with E-state index in [0.717, 1.165) is 211 Å². The number of nitriles is 1. The average Bonchev–Trinajstić information content (AvgIpc) is 1.21. The predicted octanol–water partition coefficient (Wildman–Crippen LogP) is 14.5. The summed E-state index contributed by atoms with van der Waals surface area (Å²) in [5.74, 6) is 5.66. The van der Waals surface area contributed by atoms with Crippen molar-refractivity contribution < 1.29 is 76.3 Å². The van der Waals surface area contributed by atoms with Gasteiger partial charge in [0.1, 0.15) is 42.5 Å². The van der Waals surface area contributed by atoms with E-state index in [9.17, 15) is 14.9 Å².